The molecule has 0 spiro atoms. The third kappa shape index (κ3) is 3.75. The van der Waals surface area contributed by atoms with Gasteiger partial charge >= 0.3 is 0 Å². The monoisotopic (exact) mass is 381 g/mol. The molecule has 6 heteroatoms. The molecule has 0 aliphatic heterocycles. The first-order valence-corrected chi connectivity index (χ1v) is 9.53. The summed E-state index contributed by atoms with van der Waals surface area (Å²) in [4.78, 5) is 16.1. The van der Waals surface area contributed by atoms with Crippen molar-refractivity contribution in [2.75, 3.05) is 13.7 Å². The van der Waals surface area contributed by atoms with E-state index in [0.717, 1.165) is 17.6 Å². The van der Waals surface area contributed by atoms with E-state index in [1.807, 2.05) is 41.8 Å². The first kappa shape index (κ1) is 17.4. The van der Waals surface area contributed by atoms with E-state index in [0.29, 0.717) is 30.2 Å². The number of hydrogen-bond acceptors (Lipinski definition) is 5. The van der Waals surface area contributed by atoms with Gasteiger partial charge in [0, 0.05) is 16.8 Å². The van der Waals surface area contributed by atoms with Crippen LogP contribution in [0.2, 0.25) is 0 Å². The fourth-order valence-electron chi connectivity index (χ4n) is 3.00. The lowest BCUT2D eigenvalue weighted by atomic mass is 10.2. The molecule has 0 unspecified atom stereocenters. The zero-order valence-corrected chi connectivity index (χ0v) is 15.7. The molecule has 0 N–H and O–H groups in total. The Morgan fingerprint density at radius 2 is 2.11 bits per heavy atom. The topological polar surface area (TPSA) is 55.8 Å². The summed E-state index contributed by atoms with van der Waals surface area (Å²) >= 11 is 1.69. The fraction of sp³-hybridized carbons (Fsp3) is 0.190. The van der Waals surface area contributed by atoms with E-state index in [2.05, 4.69) is 6.07 Å². The molecule has 0 atom stereocenters. The number of thiophene rings is 1. The lowest BCUT2D eigenvalue weighted by Gasteiger charge is -2.20. The number of methoxy groups -OCH3 is 1. The summed E-state index contributed by atoms with van der Waals surface area (Å²) in [6.45, 7) is 0.972. The van der Waals surface area contributed by atoms with Gasteiger partial charge in [0.1, 0.15) is 5.76 Å². The molecular weight excluding hydrogens is 362 g/mol. The van der Waals surface area contributed by atoms with E-state index >= 15 is 0 Å². The number of hydrogen-bond donors (Lipinski definition) is 0. The van der Waals surface area contributed by atoms with Crippen LogP contribution in [0.5, 0.6) is 5.75 Å². The highest BCUT2D eigenvalue weighted by molar-refractivity contribution is 7.09. The van der Waals surface area contributed by atoms with Crippen LogP contribution in [0, 0.1) is 0 Å². The van der Waals surface area contributed by atoms with E-state index < -0.39 is 0 Å². The highest BCUT2D eigenvalue weighted by Crippen LogP contribution is 2.29. The molecule has 3 aromatic heterocycles. The minimum Gasteiger partial charge on any atom is -0.493 e. The molecule has 0 saturated carbocycles. The number of carbonyl (C=O) groups is 1. The van der Waals surface area contributed by atoms with Crippen molar-refractivity contribution in [1.29, 1.82) is 0 Å². The second-order valence-electron chi connectivity index (χ2n) is 6.12. The van der Waals surface area contributed by atoms with Gasteiger partial charge in [-0.25, -0.2) is 0 Å². The number of rotatable bonds is 7. The van der Waals surface area contributed by atoms with E-state index in [9.17, 15) is 4.79 Å². The van der Waals surface area contributed by atoms with E-state index in [-0.39, 0.29) is 5.91 Å². The Kier molecular flexibility index (Phi) is 4.98. The van der Waals surface area contributed by atoms with Crippen LogP contribution in [-0.4, -0.2) is 24.5 Å². The highest BCUT2D eigenvalue weighted by Gasteiger charge is 2.22. The van der Waals surface area contributed by atoms with Crippen molar-refractivity contribution in [1.82, 2.24) is 4.90 Å². The molecule has 1 aromatic carbocycles. The first-order valence-electron chi connectivity index (χ1n) is 8.65. The molecular formula is C21H19NO4S. The van der Waals surface area contributed by atoms with Crippen molar-refractivity contribution in [3.05, 3.63) is 76.6 Å². The number of furan rings is 2. The SMILES string of the molecule is COc1cccc2cc(C(=O)N(CCc3cccs3)Cc3ccco3)oc12. The van der Waals surface area contributed by atoms with Gasteiger partial charge in [0.2, 0.25) is 0 Å². The van der Waals surface area contributed by atoms with Crippen LogP contribution in [0.1, 0.15) is 21.2 Å². The average Bonchev–Trinajstić information content (AvgIpc) is 3.45. The van der Waals surface area contributed by atoms with E-state index in [4.69, 9.17) is 13.6 Å². The smallest absolute Gasteiger partial charge is 0.290 e. The van der Waals surface area contributed by atoms with Crippen molar-refractivity contribution in [3.8, 4) is 5.75 Å². The molecule has 3 heterocycles. The predicted octanol–water partition coefficient (Wildman–Crippen LogP) is 4.98. The molecule has 138 valence electrons. The predicted molar refractivity (Wildman–Crippen MR) is 104 cm³/mol. The Balaban J connectivity index is 1.60. The summed E-state index contributed by atoms with van der Waals surface area (Å²) in [5, 5.41) is 2.88. The number of benzene rings is 1. The number of nitrogens with zero attached hydrogens (tertiary/aromatic N) is 1. The molecule has 0 fully saturated rings. The van der Waals surface area contributed by atoms with Gasteiger partial charge in [0.25, 0.3) is 5.91 Å². The normalized spacial score (nSPS) is 11.0. The summed E-state index contributed by atoms with van der Waals surface area (Å²) in [5.41, 5.74) is 0.583. The zero-order valence-electron chi connectivity index (χ0n) is 14.9. The Labute approximate surface area is 160 Å². The maximum atomic E-state index is 13.2. The number of para-hydroxylation sites is 1. The first-order chi connectivity index (χ1) is 13.2. The maximum Gasteiger partial charge on any atom is 0.290 e. The van der Waals surface area contributed by atoms with Crippen molar-refractivity contribution in [2.45, 2.75) is 13.0 Å². The number of fused-ring (bicyclic) bond motifs is 1. The van der Waals surface area contributed by atoms with Crippen molar-refractivity contribution in [3.63, 3.8) is 0 Å². The Morgan fingerprint density at radius 3 is 2.85 bits per heavy atom. The fourth-order valence-corrected chi connectivity index (χ4v) is 3.70. The quantitative estimate of drug-likeness (QED) is 0.453. The molecule has 0 aliphatic rings. The van der Waals surface area contributed by atoms with Crippen molar-refractivity contribution < 1.29 is 18.4 Å². The van der Waals surface area contributed by atoms with Crippen molar-refractivity contribution in [2.24, 2.45) is 0 Å². The molecule has 0 saturated heterocycles. The van der Waals surface area contributed by atoms with Gasteiger partial charge in [0.05, 0.1) is 19.9 Å². The summed E-state index contributed by atoms with van der Waals surface area (Å²) < 4.78 is 16.6. The van der Waals surface area contributed by atoms with Crippen LogP contribution < -0.4 is 4.74 Å². The highest BCUT2D eigenvalue weighted by atomic mass is 32.1. The summed E-state index contributed by atoms with van der Waals surface area (Å²) in [6, 6.07) is 15.1. The van der Waals surface area contributed by atoms with E-state index in [1.54, 1.807) is 35.7 Å². The molecule has 0 aliphatic carbocycles. The lowest BCUT2D eigenvalue weighted by molar-refractivity contribution is 0.0704. The van der Waals surface area contributed by atoms with Gasteiger partial charge in [-0.1, -0.05) is 18.2 Å². The zero-order chi connectivity index (χ0) is 18.6. The molecule has 4 aromatic rings. The minimum atomic E-state index is -0.166. The van der Waals surface area contributed by atoms with Crippen molar-refractivity contribution >= 4 is 28.2 Å². The second kappa shape index (κ2) is 7.72. The van der Waals surface area contributed by atoms with Gasteiger partial charge < -0.3 is 18.5 Å². The Bertz CT molecular complexity index is 1020. The maximum absolute atomic E-state index is 13.2. The van der Waals surface area contributed by atoms with Crippen LogP contribution in [-0.2, 0) is 13.0 Å². The van der Waals surface area contributed by atoms with Gasteiger partial charge in [0.15, 0.2) is 17.1 Å². The molecule has 0 bridgehead atoms. The van der Waals surface area contributed by atoms with Gasteiger partial charge in [-0.3, -0.25) is 4.79 Å². The Hall–Kier alpha value is -2.99. The Morgan fingerprint density at radius 1 is 1.19 bits per heavy atom. The third-order valence-electron chi connectivity index (χ3n) is 4.36. The molecule has 5 nitrogen and oxygen atoms in total. The van der Waals surface area contributed by atoms with E-state index in [1.165, 1.54) is 4.88 Å². The average molecular weight is 381 g/mol. The van der Waals surface area contributed by atoms with Crippen LogP contribution in [0.3, 0.4) is 0 Å². The van der Waals surface area contributed by atoms with Crippen LogP contribution in [0.25, 0.3) is 11.0 Å². The van der Waals surface area contributed by atoms with Crippen LogP contribution in [0.4, 0.5) is 0 Å². The lowest BCUT2D eigenvalue weighted by Crippen LogP contribution is -2.32. The van der Waals surface area contributed by atoms with Crippen LogP contribution >= 0.6 is 11.3 Å². The van der Waals surface area contributed by atoms with Gasteiger partial charge in [-0.2, -0.15) is 0 Å². The summed E-state index contributed by atoms with van der Waals surface area (Å²) in [7, 11) is 1.59. The molecule has 0 radical (unpaired) electrons. The number of amides is 1. The molecule has 1 amide bonds. The number of carbonyl (C=O) groups excluding carboxylic acids is 1. The second-order valence-corrected chi connectivity index (χ2v) is 7.16. The minimum absolute atomic E-state index is 0.166. The largest absolute Gasteiger partial charge is 0.493 e. The summed E-state index contributed by atoms with van der Waals surface area (Å²) in [5.74, 6) is 1.49. The van der Waals surface area contributed by atoms with Crippen LogP contribution in [0.15, 0.2) is 69.0 Å². The van der Waals surface area contributed by atoms with Gasteiger partial charge in [-0.15, -0.1) is 11.3 Å². The number of ether oxygens (including phenoxy) is 1. The standard InChI is InChI=1S/C21H19NO4S/c1-24-18-8-2-5-15-13-19(26-20(15)18)21(23)22(14-16-6-3-11-25-16)10-9-17-7-4-12-27-17/h2-8,11-13H,9-10,14H2,1H3. The third-order valence-corrected chi connectivity index (χ3v) is 5.30. The molecule has 27 heavy (non-hydrogen) atoms. The molecule has 4 rings (SSSR count). The van der Waals surface area contributed by atoms with Gasteiger partial charge in [-0.05, 0) is 42.1 Å². The summed E-state index contributed by atoms with van der Waals surface area (Å²) in [6.07, 6.45) is 2.40.